The molecule has 3 aromatic carbocycles. The Morgan fingerprint density at radius 1 is 1.06 bits per heavy atom. The highest BCUT2D eigenvalue weighted by Crippen LogP contribution is 2.37. The summed E-state index contributed by atoms with van der Waals surface area (Å²) in [5, 5.41) is 5.35. The van der Waals surface area contributed by atoms with Crippen LogP contribution in [-0.2, 0) is 11.3 Å². The third kappa shape index (κ3) is 5.09. The van der Waals surface area contributed by atoms with Gasteiger partial charge < -0.3 is 4.74 Å². The van der Waals surface area contributed by atoms with Gasteiger partial charge in [0.1, 0.15) is 15.8 Å². The third-order valence-corrected chi connectivity index (χ3v) is 7.29. The average Bonchev–Trinajstić information content (AvgIpc) is 3.43. The van der Waals surface area contributed by atoms with Gasteiger partial charge in [-0.1, -0.05) is 84.1 Å². The average molecular weight is 532 g/mol. The molecule has 5 rings (SSSR count). The largest absolute Gasteiger partial charge is 0.492 e. The SMILES string of the molecule is CCOc1ccc(-c2nn(-c3ccccc3)cc2C=C2SC(=S)N(Cc3ccccc3)C2=O)cc1Cl. The van der Waals surface area contributed by atoms with Crippen molar-refractivity contribution in [2.75, 3.05) is 6.61 Å². The first-order valence-corrected chi connectivity index (χ1v) is 13.0. The molecule has 0 unspecified atom stereocenters. The molecule has 180 valence electrons. The van der Waals surface area contributed by atoms with Crippen LogP contribution in [0.25, 0.3) is 23.0 Å². The van der Waals surface area contributed by atoms with Crippen molar-refractivity contribution in [2.45, 2.75) is 13.5 Å². The van der Waals surface area contributed by atoms with Crippen LogP contribution in [0.4, 0.5) is 0 Å². The molecule has 1 fully saturated rings. The molecule has 0 saturated carbocycles. The first-order chi connectivity index (χ1) is 17.5. The van der Waals surface area contributed by atoms with E-state index in [1.54, 1.807) is 9.58 Å². The first-order valence-electron chi connectivity index (χ1n) is 11.4. The maximum Gasteiger partial charge on any atom is 0.266 e. The zero-order valence-electron chi connectivity index (χ0n) is 19.4. The number of nitrogens with zero attached hydrogens (tertiary/aromatic N) is 3. The normalized spacial score (nSPS) is 14.6. The van der Waals surface area contributed by atoms with Gasteiger partial charge in [-0.15, -0.1) is 0 Å². The van der Waals surface area contributed by atoms with Gasteiger partial charge in [0.05, 0.1) is 28.8 Å². The van der Waals surface area contributed by atoms with Crippen LogP contribution in [0.5, 0.6) is 5.75 Å². The Morgan fingerprint density at radius 3 is 2.47 bits per heavy atom. The summed E-state index contributed by atoms with van der Waals surface area (Å²) in [4.78, 5) is 15.5. The minimum Gasteiger partial charge on any atom is -0.492 e. The van der Waals surface area contributed by atoms with E-state index < -0.39 is 0 Å². The molecule has 2 heterocycles. The second-order valence-electron chi connectivity index (χ2n) is 8.04. The summed E-state index contributed by atoms with van der Waals surface area (Å²) in [5.41, 5.74) is 4.25. The van der Waals surface area contributed by atoms with E-state index in [1.807, 2.05) is 98.1 Å². The summed E-state index contributed by atoms with van der Waals surface area (Å²) in [6, 6.07) is 25.3. The molecule has 1 aliphatic rings. The molecule has 0 atom stereocenters. The number of rotatable bonds is 7. The monoisotopic (exact) mass is 531 g/mol. The molecule has 0 aliphatic carbocycles. The Hall–Kier alpha value is -3.39. The highest BCUT2D eigenvalue weighted by Gasteiger charge is 2.32. The summed E-state index contributed by atoms with van der Waals surface area (Å²) >= 11 is 13.3. The molecule has 1 saturated heterocycles. The van der Waals surface area contributed by atoms with Crippen molar-refractivity contribution in [3.8, 4) is 22.7 Å². The smallest absolute Gasteiger partial charge is 0.266 e. The standard InChI is InChI=1S/C28H22ClN3O2S2/c1-2-34-24-14-13-20(15-23(24)29)26-21(18-32(30-26)22-11-7-4-8-12-22)16-25-27(33)31(28(35)36-25)17-19-9-5-3-6-10-19/h3-16,18H,2,17H2,1H3. The molecule has 0 bridgehead atoms. The number of aromatic nitrogens is 2. The summed E-state index contributed by atoms with van der Waals surface area (Å²) in [6.07, 6.45) is 3.77. The van der Waals surface area contributed by atoms with E-state index in [1.165, 1.54) is 11.8 Å². The van der Waals surface area contributed by atoms with Crippen molar-refractivity contribution in [1.82, 2.24) is 14.7 Å². The fraction of sp³-hybridized carbons (Fsp3) is 0.107. The topological polar surface area (TPSA) is 47.4 Å². The van der Waals surface area contributed by atoms with Crippen LogP contribution in [0.3, 0.4) is 0 Å². The van der Waals surface area contributed by atoms with Crippen molar-refractivity contribution in [3.05, 3.63) is 106 Å². The van der Waals surface area contributed by atoms with Crippen molar-refractivity contribution in [3.63, 3.8) is 0 Å². The van der Waals surface area contributed by atoms with Gasteiger partial charge in [-0.05, 0) is 48.9 Å². The molecular formula is C28H22ClN3O2S2. The van der Waals surface area contributed by atoms with E-state index in [-0.39, 0.29) is 5.91 Å². The summed E-state index contributed by atoms with van der Waals surface area (Å²) in [5.74, 6) is 0.505. The van der Waals surface area contributed by atoms with Gasteiger partial charge in [0.2, 0.25) is 0 Å². The van der Waals surface area contributed by atoms with Crippen LogP contribution < -0.4 is 4.74 Å². The number of carbonyl (C=O) groups excluding carboxylic acids is 1. The zero-order chi connectivity index (χ0) is 25.1. The lowest BCUT2D eigenvalue weighted by molar-refractivity contribution is -0.122. The van der Waals surface area contributed by atoms with E-state index in [0.717, 1.165) is 22.4 Å². The molecule has 1 amide bonds. The fourth-order valence-corrected chi connectivity index (χ4v) is 5.38. The highest BCUT2D eigenvalue weighted by atomic mass is 35.5. The van der Waals surface area contributed by atoms with Crippen LogP contribution in [0.15, 0.2) is 90.0 Å². The van der Waals surface area contributed by atoms with E-state index in [4.69, 9.17) is 33.7 Å². The fourth-order valence-electron chi connectivity index (χ4n) is 3.89. The molecule has 0 N–H and O–H groups in total. The number of hydrogen-bond donors (Lipinski definition) is 0. The lowest BCUT2D eigenvalue weighted by Gasteiger charge is -2.14. The number of thiocarbonyl (C=S) groups is 1. The van der Waals surface area contributed by atoms with Crippen LogP contribution in [0.1, 0.15) is 18.1 Å². The molecule has 5 nitrogen and oxygen atoms in total. The van der Waals surface area contributed by atoms with Crippen molar-refractivity contribution >= 4 is 51.9 Å². The van der Waals surface area contributed by atoms with E-state index >= 15 is 0 Å². The Balaban J connectivity index is 1.53. The molecule has 1 aromatic heterocycles. The quantitative estimate of drug-likeness (QED) is 0.190. The van der Waals surface area contributed by atoms with Crippen LogP contribution in [0, 0.1) is 0 Å². The number of thioether (sulfide) groups is 1. The van der Waals surface area contributed by atoms with Gasteiger partial charge in [-0.2, -0.15) is 5.10 Å². The zero-order valence-corrected chi connectivity index (χ0v) is 21.8. The molecule has 1 aliphatic heterocycles. The number of para-hydroxylation sites is 1. The molecular weight excluding hydrogens is 510 g/mol. The number of amides is 1. The van der Waals surface area contributed by atoms with Gasteiger partial charge in [-0.3, -0.25) is 9.69 Å². The summed E-state index contributed by atoms with van der Waals surface area (Å²) < 4.78 is 7.93. The number of hydrogen-bond acceptors (Lipinski definition) is 5. The second-order valence-corrected chi connectivity index (χ2v) is 10.1. The minimum absolute atomic E-state index is 0.114. The van der Waals surface area contributed by atoms with Crippen LogP contribution in [0.2, 0.25) is 5.02 Å². The third-order valence-electron chi connectivity index (χ3n) is 5.61. The summed E-state index contributed by atoms with van der Waals surface area (Å²) in [7, 11) is 0. The minimum atomic E-state index is -0.114. The lowest BCUT2D eigenvalue weighted by atomic mass is 10.1. The lowest BCUT2D eigenvalue weighted by Crippen LogP contribution is -2.27. The molecule has 36 heavy (non-hydrogen) atoms. The van der Waals surface area contributed by atoms with Gasteiger partial charge in [0.15, 0.2) is 0 Å². The van der Waals surface area contributed by atoms with Gasteiger partial charge in [0, 0.05) is 17.3 Å². The maximum absolute atomic E-state index is 13.3. The van der Waals surface area contributed by atoms with Crippen molar-refractivity contribution < 1.29 is 9.53 Å². The van der Waals surface area contributed by atoms with E-state index in [9.17, 15) is 4.79 Å². The Morgan fingerprint density at radius 2 is 1.78 bits per heavy atom. The van der Waals surface area contributed by atoms with Crippen LogP contribution in [-0.4, -0.2) is 31.5 Å². The number of benzene rings is 3. The second kappa shape index (κ2) is 10.7. The van der Waals surface area contributed by atoms with Crippen molar-refractivity contribution in [1.29, 1.82) is 0 Å². The Bertz CT molecular complexity index is 1450. The number of ether oxygens (including phenoxy) is 1. The summed E-state index contributed by atoms with van der Waals surface area (Å²) in [6.45, 7) is 2.88. The Kier molecular flexibility index (Phi) is 7.23. The first kappa shape index (κ1) is 24.3. The highest BCUT2D eigenvalue weighted by molar-refractivity contribution is 8.26. The van der Waals surface area contributed by atoms with Crippen LogP contribution >= 0.6 is 35.6 Å². The predicted molar refractivity (Wildman–Crippen MR) is 150 cm³/mol. The maximum atomic E-state index is 13.3. The van der Waals surface area contributed by atoms with Gasteiger partial charge >= 0.3 is 0 Å². The molecule has 8 heteroatoms. The van der Waals surface area contributed by atoms with Gasteiger partial charge in [-0.25, -0.2) is 4.68 Å². The predicted octanol–water partition coefficient (Wildman–Crippen LogP) is 6.99. The van der Waals surface area contributed by atoms with E-state index in [2.05, 4.69) is 0 Å². The number of halogens is 1. The van der Waals surface area contributed by atoms with Gasteiger partial charge in [0.25, 0.3) is 5.91 Å². The molecule has 0 radical (unpaired) electrons. The van der Waals surface area contributed by atoms with Crippen molar-refractivity contribution in [2.24, 2.45) is 0 Å². The molecule has 0 spiro atoms. The number of carbonyl (C=O) groups is 1. The van der Waals surface area contributed by atoms with E-state index in [0.29, 0.717) is 38.8 Å². The Labute approximate surface area is 224 Å². The molecule has 4 aromatic rings.